The van der Waals surface area contributed by atoms with Gasteiger partial charge in [0.05, 0.1) is 11.6 Å². The monoisotopic (exact) mass is 359 g/mol. The van der Waals surface area contributed by atoms with Crippen LogP contribution in [0, 0.1) is 5.92 Å². The van der Waals surface area contributed by atoms with Crippen molar-refractivity contribution in [2.24, 2.45) is 5.92 Å². The van der Waals surface area contributed by atoms with E-state index in [4.69, 9.17) is 23.2 Å². The third-order valence-corrected chi connectivity index (χ3v) is 5.44. The zero-order valence-corrected chi connectivity index (χ0v) is 14.2. The van der Waals surface area contributed by atoms with Gasteiger partial charge in [0.2, 0.25) is 0 Å². The van der Waals surface area contributed by atoms with Crippen molar-refractivity contribution < 1.29 is 9.90 Å². The van der Waals surface area contributed by atoms with Crippen molar-refractivity contribution in [1.29, 1.82) is 0 Å². The fourth-order valence-electron chi connectivity index (χ4n) is 3.91. The van der Waals surface area contributed by atoms with E-state index in [1.165, 1.54) is 0 Å². The summed E-state index contributed by atoms with van der Waals surface area (Å²) in [5, 5.41) is 14.2. The molecule has 4 rings (SSSR count). The number of nitrogens with one attached hydrogen (secondary N) is 1. The Bertz CT molecular complexity index is 862. The molecule has 0 bridgehead atoms. The van der Waals surface area contributed by atoms with Gasteiger partial charge in [-0.05, 0) is 36.1 Å². The number of anilines is 1. The fourth-order valence-corrected chi connectivity index (χ4v) is 4.53. The largest absolute Gasteiger partial charge is 0.478 e. The van der Waals surface area contributed by atoms with Crippen LogP contribution in [-0.4, -0.2) is 11.1 Å². The van der Waals surface area contributed by atoms with Gasteiger partial charge in [0.1, 0.15) is 0 Å². The third kappa shape index (κ3) is 2.40. The molecule has 1 aliphatic carbocycles. The SMILES string of the molecule is O=C(O)c1ccccc1[C@@H]1Nc2cc(Cl)cc(Cl)c2[C@@H]2C=CC[C@@H]21. The van der Waals surface area contributed by atoms with E-state index in [9.17, 15) is 9.90 Å². The first-order valence-corrected chi connectivity index (χ1v) is 8.56. The maximum Gasteiger partial charge on any atom is 0.336 e. The molecule has 0 saturated carbocycles. The number of hydrogen-bond donors (Lipinski definition) is 2. The van der Waals surface area contributed by atoms with Crippen LogP contribution in [0.2, 0.25) is 10.0 Å². The lowest BCUT2D eigenvalue weighted by Gasteiger charge is -2.38. The summed E-state index contributed by atoms with van der Waals surface area (Å²) in [6.45, 7) is 0. The highest BCUT2D eigenvalue weighted by Gasteiger charge is 2.40. The van der Waals surface area contributed by atoms with E-state index in [-0.39, 0.29) is 17.9 Å². The number of allylic oxidation sites excluding steroid dienone is 2. The van der Waals surface area contributed by atoms with E-state index in [1.807, 2.05) is 18.2 Å². The molecular formula is C19H15Cl2NO2. The highest BCUT2D eigenvalue weighted by Crippen LogP contribution is 2.52. The molecule has 2 aromatic rings. The molecule has 0 fully saturated rings. The molecule has 5 heteroatoms. The van der Waals surface area contributed by atoms with Gasteiger partial charge < -0.3 is 10.4 Å². The lowest BCUT2D eigenvalue weighted by molar-refractivity contribution is 0.0694. The number of aromatic carboxylic acids is 1. The third-order valence-electron chi connectivity index (χ3n) is 4.91. The molecule has 3 atom stereocenters. The van der Waals surface area contributed by atoms with Gasteiger partial charge in [0.25, 0.3) is 0 Å². The van der Waals surface area contributed by atoms with Crippen LogP contribution in [0.5, 0.6) is 0 Å². The summed E-state index contributed by atoms with van der Waals surface area (Å²) in [7, 11) is 0. The minimum atomic E-state index is -0.912. The Kier molecular flexibility index (Phi) is 3.78. The summed E-state index contributed by atoms with van der Waals surface area (Å²) in [6, 6.07) is 10.7. The van der Waals surface area contributed by atoms with Crippen LogP contribution < -0.4 is 5.32 Å². The molecule has 0 radical (unpaired) electrons. The average molecular weight is 360 g/mol. The van der Waals surface area contributed by atoms with Crippen LogP contribution >= 0.6 is 23.2 Å². The van der Waals surface area contributed by atoms with Crippen molar-refractivity contribution in [3.05, 3.63) is 75.3 Å². The van der Waals surface area contributed by atoms with Crippen molar-refractivity contribution in [3.63, 3.8) is 0 Å². The van der Waals surface area contributed by atoms with Gasteiger partial charge in [-0.3, -0.25) is 0 Å². The Morgan fingerprint density at radius 1 is 1.21 bits per heavy atom. The molecule has 0 aromatic heterocycles. The second kappa shape index (κ2) is 5.83. The van der Waals surface area contributed by atoms with Gasteiger partial charge in [-0.2, -0.15) is 0 Å². The Balaban J connectivity index is 1.86. The molecule has 0 unspecified atom stereocenters. The smallest absolute Gasteiger partial charge is 0.336 e. The first kappa shape index (κ1) is 15.6. The Morgan fingerprint density at radius 3 is 2.79 bits per heavy atom. The van der Waals surface area contributed by atoms with E-state index in [0.717, 1.165) is 23.2 Å². The molecule has 1 heterocycles. The van der Waals surface area contributed by atoms with E-state index >= 15 is 0 Å². The molecule has 0 saturated heterocycles. The van der Waals surface area contributed by atoms with Gasteiger partial charge >= 0.3 is 5.97 Å². The van der Waals surface area contributed by atoms with E-state index in [1.54, 1.807) is 18.2 Å². The molecule has 2 N–H and O–H groups in total. The Hall–Kier alpha value is -1.97. The van der Waals surface area contributed by atoms with Crippen LogP contribution in [0.15, 0.2) is 48.6 Å². The van der Waals surface area contributed by atoms with E-state index in [2.05, 4.69) is 17.5 Å². The Morgan fingerprint density at radius 2 is 2.00 bits per heavy atom. The summed E-state index contributed by atoms with van der Waals surface area (Å²) in [5.41, 5.74) is 3.05. The summed E-state index contributed by atoms with van der Waals surface area (Å²) in [5.74, 6) is -0.514. The second-order valence-electron chi connectivity index (χ2n) is 6.22. The fraction of sp³-hybridized carbons (Fsp3) is 0.211. The van der Waals surface area contributed by atoms with Gasteiger partial charge in [-0.1, -0.05) is 53.6 Å². The molecule has 1 aliphatic heterocycles. The predicted octanol–water partition coefficient (Wildman–Crippen LogP) is 5.52. The summed E-state index contributed by atoms with van der Waals surface area (Å²) < 4.78 is 0. The number of hydrogen-bond acceptors (Lipinski definition) is 2. The molecule has 3 nitrogen and oxygen atoms in total. The van der Waals surface area contributed by atoms with Crippen LogP contribution in [0.4, 0.5) is 5.69 Å². The van der Waals surface area contributed by atoms with Gasteiger partial charge in [0.15, 0.2) is 0 Å². The molecule has 2 aliphatic rings. The normalized spacial score (nSPS) is 24.2. The number of carbonyl (C=O) groups is 1. The van der Waals surface area contributed by atoms with Crippen molar-refractivity contribution in [2.45, 2.75) is 18.4 Å². The minimum absolute atomic E-state index is 0.0978. The Labute approximate surface area is 149 Å². The lowest BCUT2D eigenvalue weighted by atomic mass is 9.76. The second-order valence-corrected chi connectivity index (χ2v) is 7.06. The number of rotatable bonds is 2. The molecule has 0 amide bonds. The summed E-state index contributed by atoms with van der Waals surface area (Å²) in [6.07, 6.45) is 5.20. The van der Waals surface area contributed by atoms with Crippen molar-refractivity contribution in [2.75, 3.05) is 5.32 Å². The van der Waals surface area contributed by atoms with Crippen LogP contribution in [0.3, 0.4) is 0 Å². The van der Waals surface area contributed by atoms with Crippen molar-refractivity contribution in [3.8, 4) is 0 Å². The maximum absolute atomic E-state index is 11.6. The maximum atomic E-state index is 11.6. The molecular weight excluding hydrogens is 345 g/mol. The quantitative estimate of drug-likeness (QED) is 0.694. The van der Waals surface area contributed by atoms with E-state index < -0.39 is 5.97 Å². The zero-order valence-electron chi connectivity index (χ0n) is 12.7. The summed E-state index contributed by atoms with van der Waals surface area (Å²) >= 11 is 12.6. The average Bonchev–Trinajstić information content (AvgIpc) is 3.02. The van der Waals surface area contributed by atoms with Crippen LogP contribution in [-0.2, 0) is 0 Å². The summed E-state index contributed by atoms with van der Waals surface area (Å²) in [4.78, 5) is 11.6. The van der Waals surface area contributed by atoms with Crippen molar-refractivity contribution in [1.82, 2.24) is 0 Å². The molecule has 0 spiro atoms. The number of fused-ring (bicyclic) bond motifs is 3. The predicted molar refractivity (Wildman–Crippen MR) is 96.2 cm³/mol. The molecule has 24 heavy (non-hydrogen) atoms. The molecule has 2 aromatic carbocycles. The van der Waals surface area contributed by atoms with Crippen molar-refractivity contribution >= 4 is 34.9 Å². The molecule has 122 valence electrons. The first-order chi connectivity index (χ1) is 11.6. The lowest BCUT2D eigenvalue weighted by Crippen LogP contribution is -2.30. The highest BCUT2D eigenvalue weighted by atomic mass is 35.5. The number of benzene rings is 2. The van der Waals surface area contributed by atoms with Crippen LogP contribution in [0.1, 0.15) is 39.9 Å². The highest BCUT2D eigenvalue weighted by molar-refractivity contribution is 6.35. The van der Waals surface area contributed by atoms with Gasteiger partial charge in [-0.25, -0.2) is 4.79 Å². The van der Waals surface area contributed by atoms with Crippen LogP contribution in [0.25, 0.3) is 0 Å². The van der Waals surface area contributed by atoms with Gasteiger partial charge in [-0.15, -0.1) is 0 Å². The topological polar surface area (TPSA) is 49.3 Å². The standard InChI is InChI=1S/C19H15Cl2NO2/c20-10-8-15(21)17-11-6-3-7-12(11)18(22-16(17)9-10)13-4-1-2-5-14(13)19(23)24/h1-6,8-9,11-12,18,22H,7H2,(H,23,24)/t11-,12+,18-/m1/s1. The first-order valence-electron chi connectivity index (χ1n) is 7.80. The number of carboxylic acids is 1. The minimum Gasteiger partial charge on any atom is -0.478 e. The van der Waals surface area contributed by atoms with Gasteiger partial charge in [0, 0.05) is 27.2 Å². The van der Waals surface area contributed by atoms with E-state index in [0.29, 0.717) is 15.6 Å². The zero-order chi connectivity index (χ0) is 16.8. The number of carboxylic acid groups (broad SMARTS) is 1. The number of halogens is 2.